The molecule has 8 nitrogen and oxygen atoms in total. The molecule has 0 unspecified atom stereocenters. The van der Waals surface area contributed by atoms with Gasteiger partial charge in [-0.1, -0.05) is 117 Å². The summed E-state index contributed by atoms with van der Waals surface area (Å²) < 4.78 is 0. The van der Waals surface area contributed by atoms with Crippen LogP contribution in [-0.4, -0.2) is 55.8 Å². The zero-order valence-electron chi connectivity index (χ0n) is 24.8. The Morgan fingerprint density at radius 3 is 0.846 bits per heavy atom. The number of unbranched alkanes of at least 4 members (excludes halogenated alkanes) is 16. The molecule has 0 bridgehead atoms. The number of hydrogen-bond donors (Lipinski definition) is 4. The normalized spacial score (nSPS) is 10.1. The van der Waals surface area contributed by atoms with E-state index in [0.29, 0.717) is 24.3 Å². The molecule has 0 atom stereocenters. The summed E-state index contributed by atoms with van der Waals surface area (Å²) in [6.45, 7) is 4.46. The lowest BCUT2D eigenvalue weighted by Gasteiger charge is -2.00. The molecule has 9 heteroatoms. The van der Waals surface area contributed by atoms with Crippen molar-refractivity contribution in [3.8, 4) is 0 Å². The van der Waals surface area contributed by atoms with E-state index in [9.17, 15) is 19.2 Å². The first-order valence-corrected chi connectivity index (χ1v) is 16.3. The van der Waals surface area contributed by atoms with Crippen molar-refractivity contribution < 1.29 is 39.6 Å². The zero-order chi connectivity index (χ0) is 30.0. The van der Waals surface area contributed by atoms with Crippen molar-refractivity contribution in [2.24, 2.45) is 0 Å². The molecule has 0 aliphatic carbocycles. The van der Waals surface area contributed by atoms with Crippen LogP contribution in [0.2, 0.25) is 0 Å². The van der Waals surface area contributed by atoms with Gasteiger partial charge in [-0.15, -0.1) is 0 Å². The van der Waals surface area contributed by atoms with E-state index in [1.807, 2.05) is 0 Å². The van der Waals surface area contributed by atoms with E-state index < -0.39 is 23.9 Å². The first-order chi connectivity index (χ1) is 18.7. The van der Waals surface area contributed by atoms with Gasteiger partial charge in [0.25, 0.3) is 0 Å². The van der Waals surface area contributed by atoms with Gasteiger partial charge in [-0.3, -0.25) is 19.2 Å². The summed E-state index contributed by atoms with van der Waals surface area (Å²) >= 11 is 1.35. The maximum Gasteiger partial charge on any atom is 0.304 e. The molecular weight excluding hydrogens is 520 g/mol. The fraction of sp³-hybridized carbons (Fsp3) is 0.867. The van der Waals surface area contributed by atoms with Crippen molar-refractivity contribution in [3.63, 3.8) is 0 Å². The first-order valence-electron chi connectivity index (χ1n) is 15.1. The SMILES string of the molecule is CCCCCCCCCCCC(=O)O.CCCCCCCCCCCC(=O)O.O=C(O)CCSCCC(=O)O. The minimum atomic E-state index is -0.840. The van der Waals surface area contributed by atoms with Crippen molar-refractivity contribution in [1.29, 1.82) is 0 Å². The molecule has 0 radical (unpaired) electrons. The van der Waals surface area contributed by atoms with Gasteiger partial charge in [0.05, 0.1) is 12.8 Å². The van der Waals surface area contributed by atoms with E-state index in [1.165, 1.54) is 102 Å². The van der Waals surface area contributed by atoms with Crippen molar-refractivity contribution in [2.45, 2.75) is 155 Å². The quantitative estimate of drug-likeness (QED) is 0.0739. The average molecular weight is 579 g/mol. The molecule has 0 aromatic carbocycles. The van der Waals surface area contributed by atoms with Gasteiger partial charge in [-0.05, 0) is 12.8 Å². The van der Waals surface area contributed by atoms with Crippen LogP contribution in [0.5, 0.6) is 0 Å². The molecule has 0 spiro atoms. The van der Waals surface area contributed by atoms with E-state index in [-0.39, 0.29) is 12.8 Å². The third-order valence-electron chi connectivity index (χ3n) is 5.91. The third kappa shape index (κ3) is 53.3. The van der Waals surface area contributed by atoms with Crippen LogP contribution in [0.25, 0.3) is 0 Å². The van der Waals surface area contributed by atoms with Crippen LogP contribution in [0.3, 0.4) is 0 Å². The summed E-state index contributed by atoms with van der Waals surface area (Å²) in [5.41, 5.74) is 0. The van der Waals surface area contributed by atoms with Crippen molar-refractivity contribution in [3.05, 3.63) is 0 Å². The number of carboxylic acids is 4. The Hall–Kier alpha value is -1.77. The highest BCUT2D eigenvalue weighted by Crippen LogP contribution is 2.11. The highest BCUT2D eigenvalue weighted by Gasteiger charge is 1.99. The molecule has 0 fully saturated rings. The third-order valence-corrected chi connectivity index (χ3v) is 6.89. The van der Waals surface area contributed by atoms with Gasteiger partial charge in [0, 0.05) is 24.3 Å². The lowest BCUT2D eigenvalue weighted by Crippen LogP contribution is -1.99. The lowest BCUT2D eigenvalue weighted by atomic mass is 10.1. The van der Waals surface area contributed by atoms with Crippen LogP contribution in [0.1, 0.15) is 155 Å². The highest BCUT2D eigenvalue weighted by molar-refractivity contribution is 7.99. The molecule has 0 saturated carbocycles. The van der Waals surface area contributed by atoms with Gasteiger partial charge in [-0.2, -0.15) is 11.8 Å². The predicted molar refractivity (Wildman–Crippen MR) is 161 cm³/mol. The Kier molecular flexibility index (Phi) is 38.7. The number of hydrogen-bond acceptors (Lipinski definition) is 5. The van der Waals surface area contributed by atoms with Gasteiger partial charge in [0.15, 0.2) is 0 Å². The fourth-order valence-electron chi connectivity index (χ4n) is 3.59. The topological polar surface area (TPSA) is 149 Å². The molecule has 0 saturated heterocycles. The number of rotatable bonds is 26. The van der Waals surface area contributed by atoms with Gasteiger partial charge < -0.3 is 20.4 Å². The van der Waals surface area contributed by atoms with Gasteiger partial charge >= 0.3 is 23.9 Å². The Morgan fingerprint density at radius 1 is 0.385 bits per heavy atom. The molecule has 0 aromatic rings. The van der Waals surface area contributed by atoms with Crippen LogP contribution in [0.15, 0.2) is 0 Å². The van der Waals surface area contributed by atoms with Crippen LogP contribution in [-0.2, 0) is 19.2 Å². The minimum absolute atomic E-state index is 0.101. The van der Waals surface area contributed by atoms with Gasteiger partial charge in [-0.25, -0.2) is 0 Å². The maximum absolute atomic E-state index is 10.2. The number of thioether (sulfide) groups is 1. The van der Waals surface area contributed by atoms with Crippen molar-refractivity contribution in [2.75, 3.05) is 11.5 Å². The second-order valence-electron chi connectivity index (χ2n) is 9.84. The summed E-state index contributed by atoms with van der Waals surface area (Å²) in [6.07, 6.45) is 23.2. The number of carboxylic acid groups (broad SMARTS) is 4. The van der Waals surface area contributed by atoms with E-state index in [1.54, 1.807) is 0 Å². The molecule has 0 amide bonds. The molecule has 4 N–H and O–H groups in total. The maximum atomic E-state index is 10.2. The summed E-state index contributed by atoms with van der Waals surface area (Å²) in [4.78, 5) is 40.3. The zero-order valence-corrected chi connectivity index (χ0v) is 25.6. The molecule has 0 aliphatic heterocycles. The van der Waals surface area contributed by atoms with Gasteiger partial charge in [0.1, 0.15) is 0 Å². The second-order valence-corrected chi connectivity index (χ2v) is 11.1. The second kappa shape index (κ2) is 36.2. The van der Waals surface area contributed by atoms with Crippen LogP contribution in [0.4, 0.5) is 0 Å². The molecule has 0 aliphatic rings. The van der Waals surface area contributed by atoms with Crippen LogP contribution in [0, 0.1) is 0 Å². The smallest absolute Gasteiger partial charge is 0.304 e. The van der Waals surface area contributed by atoms with Crippen molar-refractivity contribution >= 4 is 35.6 Å². The number of aliphatic carboxylic acids is 4. The summed E-state index contributed by atoms with van der Waals surface area (Å²) in [7, 11) is 0. The standard InChI is InChI=1S/2C12H24O2.C6H10O4S/c2*1-2-3-4-5-6-7-8-9-10-11-12(13)14;7-5(8)1-3-11-4-2-6(9)10/h2*2-11H2,1H3,(H,13,14);1-4H2,(H,7,8)(H,9,10). The summed E-state index contributed by atoms with van der Waals surface area (Å²) in [6, 6.07) is 0. The average Bonchev–Trinajstić information content (AvgIpc) is 2.86. The van der Waals surface area contributed by atoms with Crippen LogP contribution >= 0.6 is 11.8 Å². The molecular formula is C30H58O8S. The Morgan fingerprint density at radius 2 is 0.615 bits per heavy atom. The largest absolute Gasteiger partial charge is 0.481 e. The Bertz CT molecular complexity index is 521. The first kappa shape index (κ1) is 41.7. The molecule has 39 heavy (non-hydrogen) atoms. The van der Waals surface area contributed by atoms with E-state index in [4.69, 9.17) is 20.4 Å². The van der Waals surface area contributed by atoms with E-state index in [0.717, 1.165) is 25.7 Å². The van der Waals surface area contributed by atoms with E-state index in [2.05, 4.69) is 13.8 Å². The fourth-order valence-corrected chi connectivity index (χ4v) is 4.44. The molecule has 232 valence electrons. The van der Waals surface area contributed by atoms with E-state index >= 15 is 0 Å². The summed E-state index contributed by atoms with van der Waals surface area (Å²) in [5.74, 6) is -2.02. The van der Waals surface area contributed by atoms with Gasteiger partial charge in [0.2, 0.25) is 0 Å². The number of carbonyl (C=O) groups is 4. The van der Waals surface area contributed by atoms with Crippen LogP contribution < -0.4 is 0 Å². The Labute approximate surface area is 241 Å². The monoisotopic (exact) mass is 578 g/mol. The lowest BCUT2D eigenvalue weighted by molar-refractivity contribution is -0.138. The Balaban J connectivity index is -0.000000503. The van der Waals surface area contributed by atoms with Crippen molar-refractivity contribution in [1.82, 2.24) is 0 Å². The molecule has 0 rings (SSSR count). The summed E-state index contributed by atoms with van der Waals surface area (Å²) in [5, 5.41) is 33.2. The molecule has 0 heterocycles. The molecule has 0 aromatic heterocycles. The minimum Gasteiger partial charge on any atom is -0.481 e. The highest BCUT2D eigenvalue weighted by atomic mass is 32.2. The predicted octanol–water partition coefficient (Wildman–Crippen LogP) is 8.65.